The number of rotatable bonds is 10. The highest BCUT2D eigenvalue weighted by Crippen LogP contribution is 2.42. The average molecular weight is 443 g/mol. The Labute approximate surface area is 183 Å². The van der Waals surface area contributed by atoms with Crippen LogP contribution >= 0.6 is 0 Å². The molecule has 0 bridgehead atoms. The molecule has 1 unspecified atom stereocenters. The van der Waals surface area contributed by atoms with Gasteiger partial charge >= 0.3 is 11.9 Å². The molecule has 0 saturated carbocycles. The number of fused-ring (bicyclic) bond motifs is 1. The molecule has 3 aliphatic rings. The summed E-state index contributed by atoms with van der Waals surface area (Å²) in [7, 11) is 0. The first-order valence-electron chi connectivity index (χ1n) is 10.9. The van der Waals surface area contributed by atoms with Crippen LogP contribution in [0.2, 0.25) is 0 Å². The maximum atomic E-state index is 12.5. The highest BCUT2D eigenvalue weighted by Gasteiger charge is 2.59. The molecule has 3 aliphatic heterocycles. The van der Waals surface area contributed by atoms with E-state index >= 15 is 0 Å². The van der Waals surface area contributed by atoms with Crippen LogP contribution in [0.5, 0.6) is 0 Å². The van der Waals surface area contributed by atoms with Gasteiger partial charge in [-0.3, -0.25) is 9.59 Å². The molecule has 176 valence electrons. The molecule has 5 atom stereocenters. The maximum Gasteiger partial charge on any atom is 0.310 e. The van der Waals surface area contributed by atoms with Gasteiger partial charge in [0.1, 0.15) is 12.2 Å². The van der Waals surface area contributed by atoms with Gasteiger partial charge in [-0.05, 0) is 40.5 Å². The lowest BCUT2D eigenvalue weighted by molar-refractivity contribution is -0.235. The van der Waals surface area contributed by atoms with Gasteiger partial charge in [-0.25, -0.2) is 0 Å². The van der Waals surface area contributed by atoms with Crippen molar-refractivity contribution in [2.24, 2.45) is 0 Å². The van der Waals surface area contributed by atoms with Crippen LogP contribution in [0.4, 0.5) is 0 Å². The lowest BCUT2D eigenvalue weighted by atomic mass is 10.1. The van der Waals surface area contributed by atoms with Crippen LogP contribution in [0.1, 0.15) is 66.2 Å². The summed E-state index contributed by atoms with van der Waals surface area (Å²) in [5, 5.41) is 0. The van der Waals surface area contributed by atoms with E-state index < -0.39 is 36.2 Å². The van der Waals surface area contributed by atoms with Crippen LogP contribution in [0.3, 0.4) is 0 Å². The fourth-order valence-electron chi connectivity index (χ4n) is 4.07. The Hall–Kier alpha value is -1.52. The number of ether oxygens (including phenoxy) is 7. The molecule has 0 amide bonds. The predicted molar refractivity (Wildman–Crippen MR) is 107 cm³/mol. The summed E-state index contributed by atoms with van der Waals surface area (Å²) in [6.45, 7) is 10.9. The largest absolute Gasteiger partial charge is 0.456 e. The zero-order chi connectivity index (χ0) is 22.6. The highest BCUT2D eigenvalue weighted by molar-refractivity contribution is 5.70. The first kappa shape index (κ1) is 24.1. The van der Waals surface area contributed by atoms with Crippen molar-refractivity contribution in [3.8, 4) is 0 Å². The smallest absolute Gasteiger partial charge is 0.310 e. The van der Waals surface area contributed by atoms with Crippen LogP contribution in [-0.4, -0.2) is 60.8 Å². The van der Waals surface area contributed by atoms with Gasteiger partial charge in [0, 0.05) is 12.8 Å². The second-order valence-electron chi connectivity index (χ2n) is 8.96. The van der Waals surface area contributed by atoms with Crippen molar-refractivity contribution < 1.29 is 42.7 Å². The molecule has 0 N–H and O–H groups in total. The molecule has 3 rings (SSSR count). The van der Waals surface area contributed by atoms with Crippen LogP contribution in [0.25, 0.3) is 0 Å². The van der Waals surface area contributed by atoms with Gasteiger partial charge in [0.15, 0.2) is 30.1 Å². The highest BCUT2D eigenvalue weighted by atomic mass is 16.8. The first-order chi connectivity index (χ1) is 14.6. The summed E-state index contributed by atoms with van der Waals surface area (Å²) in [6.07, 6.45) is 2.05. The Morgan fingerprint density at radius 3 is 2.23 bits per heavy atom. The molecule has 3 heterocycles. The molecular weight excluding hydrogens is 408 g/mol. The molecule has 0 aliphatic carbocycles. The summed E-state index contributed by atoms with van der Waals surface area (Å²) in [5.41, 5.74) is 0. The van der Waals surface area contributed by atoms with Crippen LogP contribution in [0, 0.1) is 0 Å². The molecule has 0 aromatic rings. The molecule has 0 aromatic heterocycles. The van der Waals surface area contributed by atoms with Crippen molar-refractivity contribution >= 4 is 11.9 Å². The summed E-state index contributed by atoms with van der Waals surface area (Å²) < 4.78 is 39.9. The molecule has 0 spiro atoms. The predicted octanol–water partition coefficient (Wildman–Crippen LogP) is 2.95. The Kier molecular flexibility index (Phi) is 7.75. The minimum atomic E-state index is -0.815. The normalized spacial score (nSPS) is 33.1. The summed E-state index contributed by atoms with van der Waals surface area (Å²) in [6, 6.07) is 0. The third-order valence-electron chi connectivity index (χ3n) is 5.42. The maximum absolute atomic E-state index is 12.5. The Balaban J connectivity index is 1.47. The zero-order valence-corrected chi connectivity index (χ0v) is 18.8. The zero-order valence-electron chi connectivity index (χ0n) is 18.8. The number of carbonyl (C=O) groups excluding carboxylic acids is 2. The minimum Gasteiger partial charge on any atom is -0.456 e. The lowest BCUT2D eigenvalue weighted by Crippen LogP contribution is -2.45. The number of hydrogen-bond acceptors (Lipinski definition) is 9. The van der Waals surface area contributed by atoms with Gasteiger partial charge in [-0.1, -0.05) is 19.4 Å². The third kappa shape index (κ3) is 6.49. The number of hydrogen-bond donors (Lipinski definition) is 0. The summed E-state index contributed by atoms with van der Waals surface area (Å²) >= 11 is 0. The molecule has 31 heavy (non-hydrogen) atoms. The Morgan fingerprint density at radius 1 is 0.935 bits per heavy atom. The summed E-state index contributed by atoms with van der Waals surface area (Å²) in [5.74, 6) is -2.15. The lowest BCUT2D eigenvalue weighted by Gasteiger charge is -2.28. The van der Waals surface area contributed by atoms with Gasteiger partial charge in [0.25, 0.3) is 0 Å². The molecular formula is C22H34O9. The van der Waals surface area contributed by atoms with E-state index in [0.29, 0.717) is 25.9 Å². The molecule has 3 saturated heterocycles. The van der Waals surface area contributed by atoms with Crippen LogP contribution < -0.4 is 0 Å². The number of carbonyl (C=O) groups is 2. The monoisotopic (exact) mass is 442 g/mol. The SMILES string of the molecule is C=COC(=O)CCCCCCC(=O)O[C@@H]1[C@H]2OC(C)(C)O[C@H]2O[C@@H]1C1COC(C)(C)O1. The van der Waals surface area contributed by atoms with Gasteiger partial charge in [-0.15, -0.1) is 0 Å². The van der Waals surface area contributed by atoms with Crippen molar-refractivity contribution in [3.05, 3.63) is 12.8 Å². The molecule has 0 aromatic carbocycles. The molecule has 9 heteroatoms. The van der Waals surface area contributed by atoms with E-state index in [0.717, 1.165) is 19.1 Å². The van der Waals surface area contributed by atoms with E-state index in [2.05, 4.69) is 11.3 Å². The van der Waals surface area contributed by atoms with Crippen LogP contribution in [-0.2, 0) is 42.7 Å². The van der Waals surface area contributed by atoms with Crippen molar-refractivity contribution in [1.82, 2.24) is 0 Å². The van der Waals surface area contributed by atoms with Crippen molar-refractivity contribution in [1.29, 1.82) is 0 Å². The van der Waals surface area contributed by atoms with Gasteiger partial charge in [0.05, 0.1) is 12.9 Å². The van der Waals surface area contributed by atoms with Gasteiger partial charge < -0.3 is 33.2 Å². The van der Waals surface area contributed by atoms with E-state index in [1.54, 1.807) is 13.8 Å². The van der Waals surface area contributed by atoms with Crippen molar-refractivity contribution in [2.75, 3.05) is 6.61 Å². The minimum absolute atomic E-state index is 0.273. The fourth-order valence-corrected chi connectivity index (χ4v) is 4.07. The van der Waals surface area contributed by atoms with E-state index in [4.69, 9.17) is 28.4 Å². The van der Waals surface area contributed by atoms with Crippen molar-refractivity contribution in [3.63, 3.8) is 0 Å². The average Bonchev–Trinajstić information content (AvgIpc) is 3.28. The Bertz CT molecular complexity index is 659. The summed E-state index contributed by atoms with van der Waals surface area (Å²) in [4.78, 5) is 23.8. The standard InChI is InChI=1S/C22H34O9/c1-6-25-15(23)11-9-7-8-10-12-16(24)27-18-17(14-13-26-21(2,3)29-14)28-20-19(18)30-22(4,5)31-20/h6,14,17-20H,1,7-13H2,2-5H3/t14?,17-,18+,19-,20-/m1/s1. The van der Waals surface area contributed by atoms with E-state index in [1.807, 2.05) is 13.8 Å². The molecule has 9 nitrogen and oxygen atoms in total. The fraction of sp³-hybridized carbons (Fsp3) is 0.818. The van der Waals surface area contributed by atoms with Crippen LogP contribution in [0.15, 0.2) is 12.8 Å². The second-order valence-corrected chi connectivity index (χ2v) is 8.96. The van der Waals surface area contributed by atoms with E-state index in [-0.39, 0.29) is 24.5 Å². The van der Waals surface area contributed by atoms with E-state index in [1.165, 1.54) is 0 Å². The van der Waals surface area contributed by atoms with Gasteiger partial charge in [0.2, 0.25) is 0 Å². The number of esters is 2. The Morgan fingerprint density at radius 2 is 1.61 bits per heavy atom. The molecule has 0 radical (unpaired) electrons. The molecule has 3 fully saturated rings. The third-order valence-corrected chi connectivity index (χ3v) is 5.42. The number of unbranched alkanes of at least 4 members (excludes halogenated alkanes) is 3. The second kappa shape index (κ2) is 9.95. The quantitative estimate of drug-likeness (QED) is 0.287. The van der Waals surface area contributed by atoms with E-state index in [9.17, 15) is 9.59 Å². The van der Waals surface area contributed by atoms with Crippen molar-refractivity contribution in [2.45, 2.75) is 108 Å². The topological polar surface area (TPSA) is 98.8 Å². The first-order valence-corrected chi connectivity index (χ1v) is 10.9. The van der Waals surface area contributed by atoms with Gasteiger partial charge in [-0.2, -0.15) is 0 Å².